The maximum atomic E-state index is 9.55. The standard InChI is InChI=1S/C21H17N3O2/c25-16-9-7-14(8-10-16)18-12-19-17-5-1-2-6-20(17)26-21(24(19)23-18)15-4-3-11-22-13-15/h1-11,13,19,21,25H,12H2/t19-,21+/m1/s1. The van der Waals surface area contributed by atoms with Gasteiger partial charge in [-0.25, -0.2) is 5.01 Å². The third-order valence-electron chi connectivity index (χ3n) is 4.87. The number of hydrogen-bond donors (Lipinski definition) is 1. The van der Waals surface area contributed by atoms with E-state index in [4.69, 9.17) is 9.84 Å². The summed E-state index contributed by atoms with van der Waals surface area (Å²) in [6, 6.07) is 19.4. The minimum absolute atomic E-state index is 0.119. The number of rotatable bonds is 2. The summed E-state index contributed by atoms with van der Waals surface area (Å²) in [5.74, 6) is 1.15. The molecule has 5 heteroatoms. The van der Waals surface area contributed by atoms with Crippen LogP contribution in [0.1, 0.15) is 35.4 Å². The van der Waals surface area contributed by atoms with Crippen molar-refractivity contribution in [2.75, 3.05) is 0 Å². The summed E-state index contributed by atoms with van der Waals surface area (Å²) in [6.07, 6.45) is 4.07. The summed E-state index contributed by atoms with van der Waals surface area (Å²) in [7, 11) is 0. The zero-order valence-corrected chi connectivity index (χ0v) is 14.0. The minimum atomic E-state index is -0.307. The van der Waals surface area contributed by atoms with Gasteiger partial charge in [-0.05, 0) is 42.0 Å². The van der Waals surface area contributed by atoms with Crippen molar-refractivity contribution < 1.29 is 9.84 Å². The first-order chi connectivity index (χ1) is 12.8. The molecule has 0 saturated carbocycles. The molecule has 2 aliphatic heterocycles. The zero-order valence-electron chi connectivity index (χ0n) is 14.0. The highest BCUT2D eigenvalue weighted by Gasteiger charge is 2.40. The lowest BCUT2D eigenvalue weighted by Gasteiger charge is -2.38. The Bertz CT molecular complexity index is 970. The Hall–Kier alpha value is -3.34. The molecule has 0 fully saturated rings. The number of aromatic nitrogens is 1. The van der Waals surface area contributed by atoms with Crippen LogP contribution in [0.15, 0.2) is 78.2 Å². The van der Waals surface area contributed by atoms with Crippen LogP contribution in [0.4, 0.5) is 0 Å². The molecule has 0 radical (unpaired) electrons. The first-order valence-electron chi connectivity index (χ1n) is 8.60. The largest absolute Gasteiger partial charge is 0.508 e. The molecule has 0 unspecified atom stereocenters. The van der Waals surface area contributed by atoms with Crippen LogP contribution in [0.3, 0.4) is 0 Å². The number of hydrazone groups is 1. The molecule has 2 atom stereocenters. The van der Waals surface area contributed by atoms with Crippen LogP contribution in [0.25, 0.3) is 0 Å². The Labute approximate surface area is 151 Å². The third kappa shape index (κ3) is 2.40. The molecule has 128 valence electrons. The second-order valence-corrected chi connectivity index (χ2v) is 6.49. The number of nitrogens with zero attached hydrogens (tertiary/aromatic N) is 3. The number of fused-ring (bicyclic) bond motifs is 3. The molecule has 5 nitrogen and oxygen atoms in total. The topological polar surface area (TPSA) is 58.0 Å². The number of aromatic hydroxyl groups is 1. The lowest BCUT2D eigenvalue weighted by molar-refractivity contribution is -0.0192. The summed E-state index contributed by atoms with van der Waals surface area (Å²) in [5.41, 5.74) is 4.12. The fraction of sp³-hybridized carbons (Fsp3) is 0.143. The molecule has 2 aromatic carbocycles. The van der Waals surface area contributed by atoms with E-state index in [0.29, 0.717) is 0 Å². The van der Waals surface area contributed by atoms with Gasteiger partial charge in [0.05, 0.1) is 11.8 Å². The smallest absolute Gasteiger partial charge is 0.215 e. The van der Waals surface area contributed by atoms with E-state index < -0.39 is 0 Å². The van der Waals surface area contributed by atoms with Gasteiger partial charge in [0, 0.05) is 29.9 Å². The van der Waals surface area contributed by atoms with Crippen molar-refractivity contribution in [2.45, 2.75) is 18.7 Å². The maximum Gasteiger partial charge on any atom is 0.215 e. The predicted octanol–water partition coefficient (Wildman–Crippen LogP) is 4.03. The van der Waals surface area contributed by atoms with E-state index in [0.717, 1.165) is 34.6 Å². The molecule has 5 rings (SSSR count). The molecule has 2 aliphatic rings. The Morgan fingerprint density at radius 2 is 1.85 bits per heavy atom. The van der Waals surface area contributed by atoms with Crippen molar-refractivity contribution in [3.63, 3.8) is 0 Å². The maximum absolute atomic E-state index is 9.55. The summed E-state index contributed by atoms with van der Waals surface area (Å²) < 4.78 is 6.27. The van der Waals surface area contributed by atoms with Crippen molar-refractivity contribution in [2.24, 2.45) is 5.10 Å². The fourth-order valence-electron chi connectivity index (χ4n) is 3.60. The monoisotopic (exact) mass is 343 g/mol. The lowest BCUT2D eigenvalue weighted by Crippen LogP contribution is -2.33. The molecule has 0 amide bonds. The number of hydrogen-bond acceptors (Lipinski definition) is 5. The first-order valence-corrected chi connectivity index (χ1v) is 8.60. The van der Waals surface area contributed by atoms with Crippen molar-refractivity contribution >= 4 is 5.71 Å². The van der Waals surface area contributed by atoms with Gasteiger partial charge in [0.15, 0.2) is 0 Å². The normalized spacial score (nSPS) is 20.8. The highest BCUT2D eigenvalue weighted by Crippen LogP contribution is 2.47. The van der Waals surface area contributed by atoms with Gasteiger partial charge < -0.3 is 9.84 Å². The number of phenols is 1. The summed E-state index contributed by atoms with van der Waals surface area (Å²) in [5, 5.41) is 16.5. The fourth-order valence-corrected chi connectivity index (χ4v) is 3.60. The van der Waals surface area contributed by atoms with E-state index in [9.17, 15) is 5.11 Å². The van der Waals surface area contributed by atoms with Crippen LogP contribution in [0.2, 0.25) is 0 Å². The molecule has 1 aromatic heterocycles. The quantitative estimate of drug-likeness (QED) is 0.763. The van der Waals surface area contributed by atoms with Gasteiger partial charge in [-0.3, -0.25) is 4.98 Å². The summed E-state index contributed by atoms with van der Waals surface area (Å²) in [6.45, 7) is 0. The predicted molar refractivity (Wildman–Crippen MR) is 97.9 cm³/mol. The van der Waals surface area contributed by atoms with Crippen molar-refractivity contribution in [3.8, 4) is 11.5 Å². The Morgan fingerprint density at radius 3 is 2.65 bits per heavy atom. The van der Waals surface area contributed by atoms with Crippen LogP contribution < -0.4 is 4.74 Å². The van der Waals surface area contributed by atoms with Gasteiger partial charge in [0.1, 0.15) is 11.5 Å². The zero-order chi connectivity index (χ0) is 17.5. The van der Waals surface area contributed by atoms with Gasteiger partial charge in [-0.1, -0.05) is 24.3 Å². The lowest BCUT2D eigenvalue weighted by atomic mass is 9.96. The van der Waals surface area contributed by atoms with Crippen LogP contribution in [0.5, 0.6) is 11.5 Å². The minimum Gasteiger partial charge on any atom is -0.508 e. The summed E-state index contributed by atoms with van der Waals surface area (Å²) in [4.78, 5) is 4.23. The van der Waals surface area contributed by atoms with Crippen molar-refractivity contribution in [3.05, 3.63) is 89.7 Å². The number of pyridine rings is 1. The molecule has 26 heavy (non-hydrogen) atoms. The van der Waals surface area contributed by atoms with Crippen LogP contribution >= 0.6 is 0 Å². The van der Waals surface area contributed by atoms with Crippen LogP contribution in [-0.2, 0) is 0 Å². The van der Waals surface area contributed by atoms with E-state index >= 15 is 0 Å². The van der Waals surface area contributed by atoms with E-state index in [1.807, 2.05) is 53.7 Å². The number of para-hydroxylation sites is 1. The van der Waals surface area contributed by atoms with E-state index in [-0.39, 0.29) is 18.0 Å². The molecule has 1 N–H and O–H groups in total. The van der Waals surface area contributed by atoms with Crippen molar-refractivity contribution in [1.82, 2.24) is 9.99 Å². The van der Waals surface area contributed by atoms with E-state index in [1.54, 1.807) is 18.3 Å². The van der Waals surface area contributed by atoms with Gasteiger partial charge in [-0.15, -0.1) is 0 Å². The van der Waals surface area contributed by atoms with E-state index in [1.165, 1.54) is 0 Å². The highest BCUT2D eigenvalue weighted by atomic mass is 16.5. The molecule has 3 aromatic rings. The number of benzene rings is 2. The molecule has 0 spiro atoms. The van der Waals surface area contributed by atoms with Gasteiger partial charge in [0.25, 0.3) is 0 Å². The van der Waals surface area contributed by atoms with Crippen molar-refractivity contribution in [1.29, 1.82) is 0 Å². The molecular formula is C21H17N3O2. The molecule has 0 bridgehead atoms. The number of ether oxygens (including phenoxy) is 1. The van der Waals surface area contributed by atoms with Gasteiger partial charge in [-0.2, -0.15) is 5.10 Å². The van der Waals surface area contributed by atoms with Crippen LogP contribution in [-0.4, -0.2) is 20.8 Å². The second kappa shape index (κ2) is 5.88. The molecule has 0 aliphatic carbocycles. The average Bonchev–Trinajstić information content (AvgIpc) is 3.14. The number of phenolic OH excluding ortho intramolecular Hbond substituents is 1. The Morgan fingerprint density at radius 1 is 1.00 bits per heavy atom. The highest BCUT2D eigenvalue weighted by molar-refractivity contribution is 6.02. The first kappa shape index (κ1) is 15.0. The Balaban J connectivity index is 1.59. The van der Waals surface area contributed by atoms with Gasteiger partial charge >= 0.3 is 0 Å². The molecule has 0 saturated heterocycles. The average molecular weight is 343 g/mol. The SMILES string of the molecule is Oc1ccc(C2=NN3[C@H](C2)c2ccccc2O[C@H]3c2cccnc2)cc1. The van der Waals surface area contributed by atoms with Gasteiger partial charge in [0.2, 0.25) is 6.23 Å². The summed E-state index contributed by atoms with van der Waals surface area (Å²) >= 11 is 0. The van der Waals surface area contributed by atoms with Crippen LogP contribution in [0, 0.1) is 0 Å². The Kier molecular flexibility index (Phi) is 3.38. The van der Waals surface area contributed by atoms with E-state index in [2.05, 4.69) is 11.1 Å². The molecule has 3 heterocycles. The second-order valence-electron chi connectivity index (χ2n) is 6.49. The third-order valence-corrected chi connectivity index (χ3v) is 4.87. The molecular weight excluding hydrogens is 326 g/mol.